The van der Waals surface area contributed by atoms with Gasteiger partial charge in [-0.05, 0) is 43.2 Å². The number of benzene rings is 2. The zero-order valence-corrected chi connectivity index (χ0v) is 15.9. The van der Waals surface area contributed by atoms with E-state index in [1.807, 2.05) is 30.3 Å². The number of methoxy groups -OCH3 is 1. The summed E-state index contributed by atoms with van der Waals surface area (Å²) in [4.78, 5) is 13.7. The average molecular weight is 353 g/mol. The van der Waals surface area contributed by atoms with Crippen molar-refractivity contribution < 1.29 is 14.4 Å². The molecule has 1 amide bonds. The van der Waals surface area contributed by atoms with Crippen LogP contribution in [0.5, 0.6) is 5.75 Å². The van der Waals surface area contributed by atoms with Crippen LogP contribution in [0, 0.1) is 0 Å². The fourth-order valence-corrected chi connectivity index (χ4v) is 2.80. The maximum atomic E-state index is 12.1. The molecule has 0 saturated heterocycles. The summed E-state index contributed by atoms with van der Waals surface area (Å²) in [5.41, 5.74) is 3.44. The molecule has 0 atom stereocenters. The number of hydrogen-bond acceptors (Lipinski definition) is 2. The van der Waals surface area contributed by atoms with Crippen LogP contribution in [0.2, 0.25) is 0 Å². The average Bonchev–Trinajstić information content (AvgIpc) is 2.70. The normalized spacial score (nSPS) is 11.1. The van der Waals surface area contributed by atoms with Gasteiger partial charge in [0.05, 0.1) is 20.2 Å². The third kappa shape index (κ3) is 6.05. The number of quaternary nitrogens is 1. The Balaban J connectivity index is 1.93. The van der Waals surface area contributed by atoms with Crippen LogP contribution in [0.25, 0.3) is 6.08 Å². The molecule has 138 valence electrons. The van der Waals surface area contributed by atoms with E-state index in [1.54, 1.807) is 19.3 Å². The van der Waals surface area contributed by atoms with Crippen molar-refractivity contribution in [1.82, 2.24) is 5.32 Å². The summed E-state index contributed by atoms with van der Waals surface area (Å²) in [7, 11) is 1.64. The molecule has 0 fully saturated rings. The van der Waals surface area contributed by atoms with E-state index in [0.29, 0.717) is 6.54 Å². The molecule has 0 aliphatic rings. The van der Waals surface area contributed by atoms with Crippen molar-refractivity contribution in [3.8, 4) is 5.75 Å². The van der Waals surface area contributed by atoms with Gasteiger partial charge in [0.15, 0.2) is 0 Å². The zero-order valence-electron chi connectivity index (χ0n) is 15.9. The SMILES string of the molecule is CC[NH+](CC)Cc1ccccc1CNC(=O)/C=C/c1ccc(OC)cc1. The molecule has 0 unspecified atom stereocenters. The van der Waals surface area contributed by atoms with E-state index in [2.05, 4.69) is 37.4 Å². The molecule has 4 nitrogen and oxygen atoms in total. The predicted octanol–water partition coefficient (Wildman–Crippen LogP) is 2.45. The van der Waals surface area contributed by atoms with Crippen molar-refractivity contribution in [3.05, 3.63) is 71.3 Å². The maximum absolute atomic E-state index is 12.1. The van der Waals surface area contributed by atoms with Crippen molar-refractivity contribution >= 4 is 12.0 Å². The lowest BCUT2D eigenvalue weighted by Gasteiger charge is -2.17. The van der Waals surface area contributed by atoms with Crippen LogP contribution in [0.15, 0.2) is 54.6 Å². The van der Waals surface area contributed by atoms with Gasteiger partial charge in [0.2, 0.25) is 5.91 Å². The van der Waals surface area contributed by atoms with E-state index in [9.17, 15) is 4.79 Å². The van der Waals surface area contributed by atoms with E-state index < -0.39 is 0 Å². The first-order chi connectivity index (χ1) is 12.7. The van der Waals surface area contributed by atoms with Crippen molar-refractivity contribution in [1.29, 1.82) is 0 Å². The second-order valence-corrected chi connectivity index (χ2v) is 6.23. The van der Waals surface area contributed by atoms with Gasteiger partial charge in [-0.15, -0.1) is 0 Å². The third-order valence-electron chi connectivity index (χ3n) is 4.55. The van der Waals surface area contributed by atoms with Gasteiger partial charge in [-0.2, -0.15) is 0 Å². The lowest BCUT2D eigenvalue weighted by atomic mass is 10.1. The minimum atomic E-state index is -0.0918. The van der Waals surface area contributed by atoms with E-state index in [0.717, 1.165) is 30.9 Å². The van der Waals surface area contributed by atoms with Gasteiger partial charge >= 0.3 is 0 Å². The molecule has 0 aromatic heterocycles. The molecule has 2 aromatic carbocycles. The predicted molar refractivity (Wildman–Crippen MR) is 106 cm³/mol. The second-order valence-electron chi connectivity index (χ2n) is 6.23. The molecule has 2 rings (SSSR count). The first-order valence-electron chi connectivity index (χ1n) is 9.16. The Labute approximate surface area is 156 Å². The summed E-state index contributed by atoms with van der Waals surface area (Å²) in [5, 5.41) is 2.98. The lowest BCUT2D eigenvalue weighted by molar-refractivity contribution is -0.910. The lowest BCUT2D eigenvalue weighted by Crippen LogP contribution is -3.10. The summed E-state index contributed by atoms with van der Waals surface area (Å²) in [6.45, 7) is 8.13. The summed E-state index contributed by atoms with van der Waals surface area (Å²) < 4.78 is 5.13. The van der Waals surface area contributed by atoms with Crippen LogP contribution < -0.4 is 15.0 Å². The van der Waals surface area contributed by atoms with Crippen LogP contribution >= 0.6 is 0 Å². The molecule has 0 aliphatic carbocycles. The zero-order chi connectivity index (χ0) is 18.8. The van der Waals surface area contributed by atoms with E-state index in [4.69, 9.17) is 4.74 Å². The van der Waals surface area contributed by atoms with Crippen molar-refractivity contribution in [2.45, 2.75) is 26.9 Å². The molecule has 4 heteroatoms. The Morgan fingerprint density at radius 2 is 1.69 bits per heavy atom. The minimum Gasteiger partial charge on any atom is -0.497 e. The Hall–Kier alpha value is -2.59. The molecular formula is C22H29N2O2+. The van der Waals surface area contributed by atoms with Gasteiger partial charge in [-0.25, -0.2) is 0 Å². The van der Waals surface area contributed by atoms with Crippen LogP contribution in [-0.4, -0.2) is 26.1 Å². The standard InChI is InChI=1S/C22H28N2O2/c1-4-24(5-2)17-20-9-7-6-8-19(20)16-23-22(25)15-12-18-10-13-21(26-3)14-11-18/h6-15H,4-5,16-17H2,1-3H3,(H,23,25)/p+1/b15-12+. The fourth-order valence-electron chi connectivity index (χ4n) is 2.80. The van der Waals surface area contributed by atoms with Crippen LogP contribution in [-0.2, 0) is 17.9 Å². The highest BCUT2D eigenvalue weighted by Gasteiger charge is 2.09. The molecular weight excluding hydrogens is 324 g/mol. The van der Waals surface area contributed by atoms with E-state index >= 15 is 0 Å². The van der Waals surface area contributed by atoms with Crippen molar-refractivity contribution in [2.24, 2.45) is 0 Å². The summed E-state index contributed by atoms with van der Waals surface area (Å²) in [5.74, 6) is 0.712. The number of nitrogens with one attached hydrogen (secondary N) is 2. The first-order valence-corrected chi connectivity index (χ1v) is 9.16. The summed E-state index contributed by atoms with van der Waals surface area (Å²) >= 11 is 0. The highest BCUT2D eigenvalue weighted by atomic mass is 16.5. The summed E-state index contributed by atoms with van der Waals surface area (Å²) in [6, 6.07) is 15.9. The van der Waals surface area contributed by atoms with Crippen molar-refractivity contribution in [2.75, 3.05) is 20.2 Å². The highest BCUT2D eigenvalue weighted by Crippen LogP contribution is 2.12. The number of hydrogen-bond donors (Lipinski definition) is 2. The number of carbonyl (C=O) groups excluding carboxylic acids is 1. The van der Waals surface area contributed by atoms with Gasteiger partial charge < -0.3 is 15.0 Å². The van der Waals surface area contributed by atoms with E-state index in [1.165, 1.54) is 16.0 Å². The molecule has 26 heavy (non-hydrogen) atoms. The van der Waals surface area contributed by atoms with Gasteiger partial charge in [0, 0.05) is 18.2 Å². The number of ether oxygens (including phenoxy) is 1. The quantitative estimate of drug-likeness (QED) is 0.680. The Kier molecular flexibility index (Phi) is 7.90. The van der Waals surface area contributed by atoms with Crippen LogP contribution in [0.4, 0.5) is 0 Å². The second kappa shape index (κ2) is 10.4. The molecule has 0 bridgehead atoms. The first kappa shape index (κ1) is 19.7. The topological polar surface area (TPSA) is 42.8 Å². The largest absolute Gasteiger partial charge is 0.497 e. The third-order valence-corrected chi connectivity index (χ3v) is 4.55. The van der Waals surface area contributed by atoms with Gasteiger partial charge in [-0.1, -0.05) is 36.4 Å². The molecule has 2 aromatic rings. The van der Waals surface area contributed by atoms with Crippen LogP contribution in [0.1, 0.15) is 30.5 Å². The number of rotatable bonds is 9. The molecule has 0 heterocycles. The Morgan fingerprint density at radius 1 is 1.04 bits per heavy atom. The van der Waals surface area contributed by atoms with Crippen molar-refractivity contribution in [3.63, 3.8) is 0 Å². The summed E-state index contributed by atoms with van der Waals surface area (Å²) in [6.07, 6.45) is 3.38. The monoisotopic (exact) mass is 353 g/mol. The van der Waals surface area contributed by atoms with E-state index in [-0.39, 0.29) is 5.91 Å². The number of amides is 1. The van der Waals surface area contributed by atoms with Gasteiger partial charge in [0.25, 0.3) is 0 Å². The molecule has 0 saturated carbocycles. The highest BCUT2D eigenvalue weighted by molar-refractivity contribution is 5.91. The van der Waals surface area contributed by atoms with Crippen LogP contribution in [0.3, 0.4) is 0 Å². The fraction of sp³-hybridized carbons (Fsp3) is 0.318. The molecule has 0 spiro atoms. The minimum absolute atomic E-state index is 0.0918. The van der Waals surface area contributed by atoms with Gasteiger partial charge in [0.1, 0.15) is 12.3 Å². The number of carbonyl (C=O) groups is 1. The molecule has 2 N–H and O–H groups in total. The molecule has 0 aliphatic heterocycles. The van der Waals surface area contributed by atoms with Gasteiger partial charge in [-0.3, -0.25) is 4.79 Å². The Bertz CT molecular complexity index is 719. The molecule has 0 radical (unpaired) electrons. The Morgan fingerprint density at radius 3 is 2.31 bits per heavy atom. The maximum Gasteiger partial charge on any atom is 0.244 e. The smallest absolute Gasteiger partial charge is 0.244 e.